The van der Waals surface area contributed by atoms with Crippen LogP contribution in [0.15, 0.2) is 22.7 Å². The van der Waals surface area contributed by atoms with Crippen LogP contribution in [0.3, 0.4) is 0 Å². The van der Waals surface area contributed by atoms with E-state index in [0.717, 1.165) is 28.0 Å². The van der Waals surface area contributed by atoms with Crippen molar-refractivity contribution in [2.45, 2.75) is 25.4 Å². The van der Waals surface area contributed by atoms with Crippen molar-refractivity contribution < 1.29 is 4.74 Å². The summed E-state index contributed by atoms with van der Waals surface area (Å²) in [5, 5.41) is 0. The van der Waals surface area contributed by atoms with Crippen LogP contribution in [0, 0.1) is 0 Å². The van der Waals surface area contributed by atoms with Crippen LogP contribution in [0.25, 0.3) is 0 Å². The second-order valence-corrected chi connectivity index (χ2v) is 6.65. The van der Waals surface area contributed by atoms with Crippen molar-refractivity contribution in [2.75, 3.05) is 32.7 Å². The SMILES string of the molecule is CCC(CSC)N(C)C(CN)c1cc(Br)ccc1OC. The third kappa shape index (κ3) is 4.38. The van der Waals surface area contributed by atoms with Crippen molar-refractivity contribution in [1.29, 1.82) is 0 Å². The van der Waals surface area contributed by atoms with E-state index in [-0.39, 0.29) is 6.04 Å². The van der Waals surface area contributed by atoms with Crippen molar-refractivity contribution in [3.63, 3.8) is 0 Å². The zero-order valence-electron chi connectivity index (χ0n) is 12.7. The Hall–Kier alpha value is -0.230. The lowest BCUT2D eigenvalue weighted by molar-refractivity contribution is 0.184. The smallest absolute Gasteiger partial charge is 0.123 e. The summed E-state index contributed by atoms with van der Waals surface area (Å²) in [6, 6.07) is 6.78. The highest BCUT2D eigenvalue weighted by Crippen LogP contribution is 2.32. The van der Waals surface area contributed by atoms with Crippen LogP contribution >= 0.6 is 27.7 Å². The van der Waals surface area contributed by atoms with Crippen LogP contribution in [-0.4, -0.2) is 43.7 Å². The van der Waals surface area contributed by atoms with Crippen LogP contribution in [0.4, 0.5) is 0 Å². The molecule has 0 spiro atoms. The van der Waals surface area contributed by atoms with Gasteiger partial charge in [-0.3, -0.25) is 4.90 Å². The molecule has 5 heteroatoms. The minimum absolute atomic E-state index is 0.166. The summed E-state index contributed by atoms with van der Waals surface area (Å²) in [4.78, 5) is 2.38. The summed E-state index contributed by atoms with van der Waals surface area (Å²) >= 11 is 5.41. The topological polar surface area (TPSA) is 38.5 Å². The Morgan fingerprint density at radius 3 is 2.65 bits per heavy atom. The van der Waals surface area contributed by atoms with Gasteiger partial charge in [0.15, 0.2) is 0 Å². The van der Waals surface area contributed by atoms with E-state index in [4.69, 9.17) is 10.5 Å². The standard InChI is InChI=1S/C15H25BrN2OS/c1-5-12(10-20-4)18(2)14(9-17)13-8-11(16)6-7-15(13)19-3/h6-8,12,14H,5,9-10,17H2,1-4H3. The average Bonchev–Trinajstić information content (AvgIpc) is 2.45. The molecule has 0 aliphatic heterocycles. The maximum absolute atomic E-state index is 6.05. The molecule has 2 unspecified atom stereocenters. The van der Waals surface area contributed by atoms with E-state index in [2.05, 4.69) is 47.1 Å². The minimum Gasteiger partial charge on any atom is -0.496 e. The second-order valence-electron chi connectivity index (χ2n) is 4.82. The van der Waals surface area contributed by atoms with Crippen LogP contribution in [0.2, 0.25) is 0 Å². The fourth-order valence-electron chi connectivity index (χ4n) is 2.45. The monoisotopic (exact) mass is 360 g/mol. The lowest BCUT2D eigenvalue weighted by atomic mass is 10.0. The number of hydrogen-bond acceptors (Lipinski definition) is 4. The van der Waals surface area contributed by atoms with Crippen molar-refractivity contribution in [2.24, 2.45) is 5.73 Å². The number of benzene rings is 1. The van der Waals surface area contributed by atoms with Gasteiger partial charge in [-0.2, -0.15) is 11.8 Å². The highest BCUT2D eigenvalue weighted by molar-refractivity contribution is 9.10. The van der Waals surface area contributed by atoms with Crippen molar-refractivity contribution in [1.82, 2.24) is 4.90 Å². The molecule has 0 aromatic heterocycles. The number of methoxy groups -OCH3 is 1. The maximum atomic E-state index is 6.05. The van der Waals surface area contributed by atoms with Crippen molar-refractivity contribution in [3.05, 3.63) is 28.2 Å². The fourth-order valence-corrected chi connectivity index (χ4v) is 3.68. The molecule has 1 rings (SSSR count). The Bertz CT molecular complexity index is 417. The molecule has 0 heterocycles. The maximum Gasteiger partial charge on any atom is 0.123 e. The largest absolute Gasteiger partial charge is 0.496 e. The molecule has 2 atom stereocenters. The number of ether oxygens (including phenoxy) is 1. The van der Waals surface area contributed by atoms with Gasteiger partial charge in [-0.1, -0.05) is 22.9 Å². The molecular weight excluding hydrogens is 336 g/mol. The Morgan fingerprint density at radius 2 is 2.15 bits per heavy atom. The molecule has 114 valence electrons. The zero-order chi connectivity index (χ0) is 15.1. The van der Waals surface area contributed by atoms with Gasteiger partial charge in [0, 0.05) is 28.4 Å². The summed E-state index contributed by atoms with van der Waals surface area (Å²) < 4.78 is 6.55. The van der Waals surface area contributed by atoms with E-state index in [0.29, 0.717) is 12.6 Å². The molecule has 0 amide bonds. The summed E-state index contributed by atoms with van der Waals surface area (Å²) in [7, 11) is 3.86. The first-order valence-corrected chi connectivity index (χ1v) is 9.02. The average molecular weight is 361 g/mol. The van der Waals surface area contributed by atoms with Crippen molar-refractivity contribution in [3.8, 4) is 5.75 Å². The Balaban J connectivity index is 3.08. The Labute approximate surface area is 135 Å². The van der Waals surface area contributed by atoms with Gasteiger partial charge in [-0.15, -0.1) is 0 Å². The van der Waals surface area contributed by atoms with Gasteiger partial charge in [0.25, 0.3) is 0 Å². The number of halogens is 1. The first-order chi connectivity index (χ1) is 9.58. The second kappa shape index (κ2) is 8.93. The summed E-state index contributed by atoms with van der Waals surface area (Å²) in [6.07, 6.45) is 3.26. The van der Waals surface area contributed by atoms with Crippen LogP contribution in [0.5, 0.6) is 5.75 Å². The van der Waals surface area contributed by atoms with E-state index in [9.17, 15) is 0 Å². The molecule has 2 N–H and O–H groups in total. The molecule has 0 radical (unpaired) electrons. The van der Waals surface area contributed by atoms with Crippen molar-refractivity contribution >= 4 is 27.7 Å². The number of rotatable bonds is 8. The first-order valence-electron chi connectivity index (χ1n) is 6.83. The third-order valence-electron chi connectivity index (χ3n) is 3.67. The van der Waals surface area contributed by atoms with E-state index < -0.39 is 0 Å². The van der Waals surface area contributed by atoms with Gasteiger partial charge in [-0.05, 0) is 37.9 Å². The quantitative estimate of drug-likeness (QED) is 0.769. The molecule has 0 aliphatic rings. The van der Waals surface area contributed by atoms with Gasteiger partial charge in [0.05, 0.1) is 13.2 Å². The molecule has 20 heavy (non-hydrogen) atoms. The van der Waals surface area contributed by atoms with Gasteiger partial charge < -0.3 is 10.5 Å². The minimum atomic E-state index is 0.166. The Kier molecular flexibility index (Phi) is 7.95. The summed E-state index contributed by atoms with van der Waals surface area (Å²) in [6.45, 7) is 2.80. The van der Waals surface area contributed by atoms with E-state index in [1.165, 1.54) is 0 Å². The predicted octanol–water partition coefficient (Wildman–Crippen LogP) is 3.53. The molecule has 0 fully saturated rings. The lowest BCUT2D eigenvalue weighted by Crippen LogP contribution is -2.39. The molecule has 0 aliphatic carbocycles. The number of hydrogen-bond donors (Lipinski definition) is 1. The zero-order valence-corrected chi connectivity index (χ0v) is 15.1. The molecule has 1 aromatic carbocycles. The van der Waals surface area contributed by atoms with Gasteiger partial charge >= 0.3 is 0 Å². The van der Waals surface area contributed by atoms with E-state index in [1.54, 1.807) is 7.11 Å². The predicted molar refractivity (Wildman–Crippen MR) is 92.7 cm³/mol. The normalized spacial score (nSPS) is 14.3. The summed E-state index contributed by atoms with van der Waals surface area (Å²) in [5.41, 5.74) is 7.19. The third-order valence-corrected chi connectivity index (χ3v) is 4.88. The summed E-state index contributed by atoms with van der Waals surface area (Å²) in [5.74, 6) is 2.01. The fraction of sp³-hybridized carbons (Fsp3) is 0.600. The molecule has 0 bridgehead atoms. The molecule has 1 aromatic rings. The van der Waals surface area contributed by atoms with Gasteiger partial charge in [0.2, 0.25) is 0 Å². The van der Waals surface area contributed by atoms with Crippen LogP contribution in [0.1, 0.15) is 24.9 Å². The first kappa shape index (κ1) is 17.8. The number of thioether (sulfide) groups is 1. The number of nitrogens with zero attached hydrogens (tertiary/aromatic N) is 1. The Morgan fingerprint density at radius 1 is 1.45 bits per heavy atom. The van der Waals surface area contributed by atoms with Gasteiger partial charge in [-0.25, -0.2) is 0 Å². The van der Waals surface area contributed by atoms with E-state index >= 15 is 0 Å². The highest BCUT2D eigenvalue weighted by atomic mass is 79.9. The number of nitrogens with two attached hydrogens (primary N) is 1. The highest BCUT2D eigenvalue weighted by Gasteiger charge is 2.24. The molecule has 0 saturated carbocycles. The molecular formula is C15H25BrN2OS. The van der Waals surface area contributed by atoms with Crippen LogP contribution in [-0.2, 0) is 0 Å². The number of likely N-dealkylation sites (N-methyl/N-ethyl adjacent to an activating group) is 1. The van der Waals surface area contributed by atoms with E-state index in [1.807, 2.05) is 23.9 Å². The van der Waals surface area contributed by atoms with Crippen LogP contribution < -0.4 is 10.5 Å². The molecule has 3 nitrogen and oxygen atoms in total. The lowest BCUT2D eigenvalue weighted by Gasteiger charge is -2.34. The van der Waals surface area contributed by atoms with Gasteiger partial charge in [0.1, 0.15) is 5.75 Å². The molecule has 0 saturated heterocycles.